The normalized spacial score (nSPS) is 24.5. The summed E-state index contributed by atoms with van der Waals surface area (Å²) in [7, 11) is 0. The fourth-order valence-corrected chi connectivity index (χ4v) is 3.80. The van der Waals surface area contributed by atoms with E-state index in [2.05, 4.69) is 20.2 Å². The third-order valence-corrected chi connectivity index (χ3v) is 4.99. The van der Waals surface area contributed by atoms with Crippen molar-refractivity contribution in [2.24, 2.45) is 5.92 Å². The van der Waals surface area contributed by atoms with Crippen molar-refractivity contribution in [3.05, 3.63) is 23.8 Å². The van der Waals surface area contributed by atoms with Gasteiger partial charge in [0.1, 0.15) is 5.82 Å². The second-order valence-electron chi connectivity index (χ2n) is 6.71. The van der Waals surface area contributed by atoms with E-state index in [9.17, 15) is 0 Å². The number of piperidine rings is 1. The van der Waals surface area contributed by atoms with Crippen molar-refractivity contribution in [3.8, 4) is 0 Å². The molecule has 1 aromatic heterocycles. The Balaban J connectivity index is 1.41. The van der Waals surface area contributed by atoms with E-state index in [0.717, 1.165) is 30.9 Å². The molecule has 2 heterocycles. The summed E-state index contributed by atoms with van der Waals surface area (Å²) < 4.78 is 0. The van der Waals surface area contributed by atoms with Gasteiger partial charge in [-0.2, -0.15) is 0 Å². The maximum Gasteiger partial charge on any atom is 0.125 e. The Morgan fingerprint density at radius 2 is 1.90 bits per heavy atom. The molecule has 1 aromatic rings. The minimum Gasteiger partial charge on any atom is -0.312 e. The van der Waals surface area contributed by atoms with Gasteiger partial charge in [-0.25, -0.2) is 9.97 Å². The van der Waals surface area contributed by atoms with Crippen LogP contribution in [0, 0.1) is 12.8 Å². The van der Waals surface area contributed by atoms with Gasteiger partial charge in [-0.15, -0.1) is 0 Å². The first-order valence-electron chi connectivity index (χ1n) is 8.53. The number of rotatable bonds is 5. The third-order valence-electron chi connectivity index (χ3n) is 4.99. The highest BCUT2D eigenvalue weighted by atomic mass is 15.2. The van der Waals surface area contributed by atoms with Gasteiger partial charge in [0, 0.05) is 37.1 Å². The zero-order chi connectivity index (χ0) is 14.5. The van der Waals surface area contributed by atoms with Gasteiger partial charge >= 0.3 is 0 Å². The zero-order valence-electron chi connectivity index (χ0n) is 13.2. The number of aromatic nitrogens is 2. The molecule has 1 aliphatic heterocycles. The number of hydrogen-bond acceptors (Lipinski definition) is 4. The lowest BCUT2D eigenvalue weighted by atomic mass is 9.96. The van der Waals surface area contributed by atoms with Crippen molar-refractivity contribution in [2.75, 3.05) is 19.6 Å². The van der Waals surface area contributed by atoms with E-state index < -0.39 is 0 Å². The van der Waals surface area contributed by atoms with Gasteiger partial charge in [0.25, 0.3) is 0 Å². The van der Waals surface area contributed by atoms with Crippen LogP contribution in [0.15, 0.2) is 12.4 Å². The van der Waals surface area contributed by atoms with Gasteiger partial charge in [-0.3, -0.25) is 0 Å². The van der Waals surface area contributed by atoms with Crippen LogP contribution in [0.5, 0.6) is 0 Å². The Kier molecular flexibility index (Phi) is 5.20. The highest BCUT2D eigenvalue weighted by molar-refractivity contribution is 5.04. The SMILES string of the molecule is Cc1ncc(CNCC2CCCN(C3CCCC3)C2)cn1. The van der Waals surface area contributed by atoms with E-state index in [-0.39, 0.29) is 0 Å². The molecule has 1 saturated heterocycles. The van der Waals surface area contributed by atoms with Gasteiger partial charge in [-0.1, -0.05) is 12.8 Å². The molecular formula is C17H28N4. The molecule has 0 aromatic carbocycles. The number of hydrogen-bond donors (Lipinski definition) is 1. The molecule has 1 unspecified atom stereocenters. The summed E-state index contributed by atoms with van der Waals surface area (Å²) in [4.78, 5) is 11.3. The molecule has 1 atom stereocenters. The third kappa shape index (κ3) is 4.24. The van der Waals surface area contributed by atoms with E-state index in [1.54, 1.807) is 0 Å². The molecule has 0 bridgehead atoms. The summed E-state index contributed by atoms with van der Waals surface area (Å²) in [6.45, 7) is 6.56. The quantitative estimate of drug-likeness (QED) is 0.904. The lowest BCUT2D eigenvalue weighted by Crippen LogP contribution is -2.44. The van der Waals surface area contributed by atoms with Crippen molar-refractivity contribution >= 4 is 0 Å². The number of nitrogens with zero attached hydrogens (tertiary/aromatic N) is 3. The van der Waals surface area contributed by atoms with Crippen LogP contribution in [0.25, 0.3) is 0 Å². The Morgan fingerprint density at radius 3 is 2.67 bits per heavy atom. The minimum atomic E-state index is 0.811. The predicted octanol–water partition coefficient (Wildman–Crippen LogP) is 2.53. The first-order chi connectivity index (χ1) is 10.3. The summed E-state index contributed by atoms with van der Waals surface area (Å²) in [5.74, 6) is 1.66. The minimum absolute atomic E-state index is 0.811. The van der Waals surface area contributed by atoms with Crippen LogP contribution in [-0.4, -0.2) is 40.5 Å². The van der Waals surface area contributed by atoms with Crippen LogP contribution in [0.2, 0.25) is 0 Å². The summed E-state index contributed by atoms with van der Waals surface area (Å²) >= 11 is 0. The number of nitrogens with one attached hydrogen (secondary N) is 1. The van der Waals surface area contributed by atoms with Gasteiger partial charge in [0.15, 0.2) is 0 Å². The molecule has 3 rings (SSSR count). The van der Waals surface area contributed by atoms with Crippen molar-refractivity contribution in [1.82, 2.24) is 20.2 Å². The average molecular weight is 288 g/mol. The topological polar surface area (TPSA) is 41.1 Å². The first kappa shape index (κ1) is 14.9. The molecule has 1 N–H and O–H groups in total. The molecule has 0 amide bonds. The average Bonchev–Trinajstić information content (AvgIpc) is 3.04. The molecular weight excluding hydrogens is 260 g/mol. The summed E-state index contributed by atoms with van der Waals surface area (Å²) in [5.41, 5.74) is 1.18. The Labute approximate surface area is 128 Å². The largest absolute Gasteiger partial charge is 0.312 e. The maximum atomic E-state index is 4.25. The monoisotopic (exact) mass is 288 g/mol. The van der Waals surface area contributed by atoms with E-state index in [1.165, 1.54) is 57.2 Å². The summed E-state index contributed by atoms with van der Waals surface area (Å²) in [6.07, 6.45) is 12.4. The van der Waals surface area contributed by atoms with Crippen LogP contribution < -0.4 is 5.32 Å². The first-order valence-corrected chi connectivity index (χ1v) is 8.53. The highest BCUT2D eigenvalue weighted by Gasteiger charge is 2.27. The lowest BCUT2D eigenvalue weighted by molar-refractivity contribution is 0.124. The van der Waals surface area contributed by atoms with Crippen molar-refractivity contribution in [2.45, 2.75) is 58.0 Å². The van der Waals surface area contributed by atoms with Crippen LogP contribution in [0.3, 0.4) is 0 Å². The molecule has 0 spiro atoms. The molecule has 116 valence electrons. The Hall–Kier alpha value is -1.00. The van der Waals surface area contributed by atoms with E-state index in [0.29, 0.717) is 0 Å². The molecule has 2 aliphatic rings. The fourth-order valence-electron chi connectivity index (χ4n) is 3.80. The van der Waals surface area contributed by atoms with Gasteiger partial charge < -0.3 is 10.2 Å². The van der Waals surface area contributed by atoms with Crippen LogP contribution in [0.4, 0.5) is 0 Å². The van der Waals surface area contributed by atoms with E-state index in [1.807, 2.05) is 19.3 Å². The second-order valence-corrected chi connectivity index (χ2v) is 6.71. The van der Waals surface area contributed by atoms with E-state index in [4.69, 9.17) is 0 Å². The van der Waals surface area contributed by atoms with Crippen molar-refractivity contribution < 1.29 is 0 Å². The van der Waals surface area contributed by atoms with Crippen molar-refractivity contribution in [1.29, 1.82) is 0 Å². The van der Waals surface area contributed by atoms with Gasteiger partial charge in [-0.05, 0) is 51.6 Å². The molecule has 4 nitrogen and oxygen atoms in total. The Bertz CT molecular complexity index is 425. The fraction of sp³-hybridized carbons (Fsp3) is 0.765. The molecule has 1 saturated carbocycles. The van der Waals surface area contributed by atoms with Crippen molar-refractivity contribution in [3.63, 3.8) is 0 Å². The van der Waals surface area contributed by atoms with Crippen LogP contribution >= 0.6 is 0 Å². The smallest absolute Gasteiger partial charge is 0.125 e. The van der Waals surface area contributed by atoms with Gasteiger partial charge in [0.05, 0.1) is 0 Å². The molecule has 21 heavy (non-hydrogen) atoms. The molecule has 0 radical (unpaired) electrons. The maximum absolute atomic E-state index is 4.25. The number of aryl methyl sites for hydroxylation is 1. The molecule has 2 fully saturated rings. The standard InChI is InChI=1S/C17H28N4/c1-14-19-11-16(12-20-14)10-18-9-15-5-4-8-21(13-15)17-6-2-3-7-17/h11-12,15,17-18H,2-10,13H2,1H3. The predicted molar refractivity (Wildman–Crippen MR) is 85.0 cm³/mol. The highest BCUT2D eigenvalue weighted by Crippen LogP contribution is 2.27. The van der Waals surface area contributed by atoms with Crippen LogP contribution in [-0.2, 0) is 6.54 Å². The summed E-state index contributed by atoms with van der Waals surface area (Å²) in [5, 5.41) is 3.60. The second kappa shape index (κ2) is 7.32. The Morgan fingerprint density at radius 1 is 1.14 bits per heavy atom. The molecule has 4 heteroatoms. The molecule has 1 aliphatic carbocycles. The van der Waals surface area contributed by atoms with Gasteiger partial charge in [0.2, 0.25) is 0 Å². The van der Waals surface area contributed by atoms with Crippen LogP contribution in [0.1, 0.15) is 49.9 Å². The number of likely N-dealkylation sites (tertiary alicyclic amines) is 1. The summed E-state index contributed by atoms with van der Waals surface area (Å²) in [6, 6.07) is 0.887. The zero-order valence-corrected chi connectivity index (χ0v) is 13.2. The lowest BCUT2D eigenvalue weighted by Gasteiger charge is -2.37. The van der Waals surface area contributed by atoms with E-state index >= 15 is 0 Å².